The summed E-state index contributed by atoms with van der Waals surface area (Å²) in [4.78, 5) is 0. The lowest BCUT2D eigenvalue weighted by atomic mass is 9.97. The summed E-state index contributed by atoms with van der Waals surface area (Å²) in [7, 11) is 3.27. The Morgan fingerprint density at radius 3 is 2.15 bits per heavy atom. The molecule has 0 radical (unpaired) electrons. The molecule has 0 saturated heterocycles. The van der Waals surface area contributed by atoms with E-state index in [2.05, 4.69) is 15.9 Å². The Labute approximate surface area is 127 Å². The minimum atomic E-state index is -0.307. The van der Waals surface area contributed by atoms with Crippen LogP contribution in [-0.4, -0.2) is 14.2 Å². The second-order valence-corrected chi connectivity index (χ2v) is 5.42. The van der Waals surface area contributed by atoms with Crippen LogP contribution in [-0.2, 0) is 0 Å². The van der Waals surface area contributed by atoms with E-state index in [1.54, 1.807) is 14.2 Å². The molecular formula is C16H18BrNO2. The SMILES string of the molecule is COc1cccc(OC)c1C(N)c1ccc(C)c(Br)c1. The van der Waals surface area contributed by atoms with Gasteiger partial charge in [-0.2, -0.15) is 0 Å². The van der Waals surface area contributed by atoms with Crippen LogP contribution in [0, 0.1) is 6.92 Å². The molecule has 0 spiro atoms. The van der Waals surface area contributed by atoms with Gasteiger partial charge in [-0.25, -0.2) is 0 Å². The first kappa shape index (κ1) is 14.9. The van der Waals surface area contributed by atoms with Crippen molar-refractivity contribution in [3.05, 3.63) is 57.6 Å². The summed E-state index contributed by atoms with van der Waals surface area (Å²) in [6.45, 7) is 2.04. The van der Waals surface area contributed by atoms with Crippen molar-refractivity contribution in [3.63, 3.8) is 0 Å². The van der Waals surface area contributed by atoms with E-state index in [-0.39, 0.29) is 6.04 Å². The third-order valence-electron chi connectivity index (χ3n) is 3.33. The molecule has 106 valence electrons. The predicted molar refractivity (Wildman–Crippen MR) is 84.5 cm³/mol. The van der Waals surface area contributed by atoms with Crippen LogP contribution in [0.3, 0.4) is 0 Å². The summed E-state index contributed by atoms with van der Waals surface area (Å²) in [6, 6.07) is 11.5. The van der Waals surface area contributed by atoms with Crippen molar-refractivity contribution in [2.45, 2.75) is 13.0 Å². The number of rotatable bonds is 4. The Morgan fingerprint density at radius 1 is 1.05 bits per heavy atom. The van der Waals surface area contributed by atoms with Crippen molar-refractivity contribution >= 4 is 15.9 Å². The van der Waals surface area contributed by atoms with Gasteiger partial charge in [-0.15, -0.1) is 0 Å². The van der Waals surface area contributed by atoms with E-state index in [9.17, 15) is 0 Å². The molecule has 0 aliphatic carbocycles. The maximum atomic E-state index is 6.41. The van der Waals surface area contributed by atoms with Crippen LogP contribution in [0.2, 0.25) is 0 Å². The monoisotopic (exact) mass is 335 g/mol. The molecule has 0 aliphatic rings. The Kier molecular flexibility index (Phi) is 4.68. The molecule has 0 aliphatic heterocycles. The van der Waals surface area contributed by atoms with Crippen LogP contribution in [0.4, 0.5) is 0 Å². The molecule has 0 heterocycles. The average molecular weight is 336 g/mol. The van der Waals surface area contributed by atoms with E-state index in [1.807, 2.05) is 43.3 Å². The number of hydrogen-bond acceptors (Lipinski definition) is 3. The van der Waals surface area contributed by atoms with Crippen molar-refractivity contribution in [3.8, 4) is 11.5 Å². The van der Waals surface area contributed by atoms with Crippen LogP contribution in [0.15, 0.2) is 40.9 Å². The molecule has 3 nitrogen and oxygen atoms in total. The van der Waals surface area contributed by atoms with Gasteiger partial charge in [-0.1, -0.05) is 34.1 Å². The lowest BCUT2D eigenvalue weighted by Crippen LogP contribution is -2.14. The smallest absolute Gasteiger partial charge is 0.127 e. The zero-order chi connectivity index (χ0) is 14.7. The molecule has 0 amide bonds. The van der Waals surface area contributed by atoms with Gasteiger partial charge in [0.15, 0.2) is 0 Å². The van der Waals surface area contributed by atoms with E-state index in [0.29, 0.717) is 0 Å². The van der Waals surface area contributed by atoms with Crippen LogP contribution >= 0.6 is 15.9 Å². The van der Waals surface area contributed by atoms with Crippen LogP contribution in [0.25, 0.3) is 0 Å². The number of methoxy groups -OCH3 is 2. The second kappa shape index (κ2) is 6.29. The highest BCUT2D eigenvalue weighted by molar-refractivity contribution is 9.10. The van der Waals surface area contributed by atoms with Gasteiger partial charge in [0.25, 0.3) is 0 Å². The van der Waals surface area contributed by atoms with E-state index < -0.39 is 0 Å². The molecule has 1 unspecified atom stereocenters. The van der Waals surface area contributed by atoms with Gasteiger partial charge in [0.05, 0.1) is 25.8 Å². The van der Waals surface area contributed by atoms with Gasteiger partial charge in [0.1, 0.15) is 11.5 Å². The number of nitrogens with two attached hydrogens (primary N) is 1. The van der Waals surface area contributed by atoms with E-state index >= 15 is 0 Å². The lowest BCUT2D eigenvalue weighted by Gasteiger charge is -2.19. The highest BCUT2D eigenvalue weighted by Gasteiger charge is 2.19. The lowest BCUT2D eigenvalue weighted by molar-refractivity contribution is 0.382. The van der Waals surface area contributed by atoms with E-state index in [1.165, 1.54) is 5.56 Å². The summed E-state index contributed by atoms with van der Waals surface area (Å²) in [5.41, 5.74) is 9.44. The van der Waals surface area contributed by atoms with Crippen molar-refractivity contribution < 1.29 is 9.47 Å². The molecule has 0 bridgehead atoms. The molecule has 20 heavy (non-hydrogen) atoms. The van der Waals surface area contributed by atoms with Crippen molar-refractivity contribution in [2.75, 3.05) is 14.2 Å². The highest BCUT2D eigenvalue weighted by Crippen LogP contribution is 2.36. The summed E-state index contributed by atoms with van der Waals surface area (Å²) >= 11 is 3.54. The molecule has 2 N–H and O–H groups in total. The molecule has 0 saturated carbocycles. The zero-order valence-corrected chi connectivity index (χ0v) is 13.4. The Morgan fingerprint density at radius 2 is 1.65 bits per heavy atom. The molecular weight excluding hydrogens is 318 g/mol. The van der Waals surface area contributed by atoms with Crippen LogP contribution in [0.5, 0.6) is 11.5 Å². The Bertz CT molecular complexity index is 591. The fourth-order valence-corrected chi connectivity index (χ4v) is 2.55. The third-order valence-corrected chi connectivity index (χ3v) is 4.19. The molecule has 2 rings (SSSR count). The van der Waals surface area contributed by atoms with Crippen molar-refractivity contribution in [1.29, 1.82) is 0 Å². The summed E-state index contributed by atoms with van der Waals surface area (Å²) < 4.78 is 11.9. The number of benzene rings is 2. The fourth-order valence-electron chi connectivity index (χ4n) is 2.16. The number of hydrogen-bond donors (Lipinski definition) is 1. The summed E-state index contributed by atoms with van der Waals surface area (Å²) in [5, 5.41) is 0. The number of halogens is 1. The van der Waals surface area contributed by atoms with Gasteiger partial charge in [-0.05, 0) is 36.2 Å². The first-order valence-corrected chi connectivity index (χ1v) is 7.10. The van der Waals surface area contributed by atoms with Gasteiger partial charge in [0, 0.05) is 4.47 Å². The van der Waals surface area contributed by atoms with Gasteiger partial charge in [0.2, 0.25) is 0 Å². The topological polar surface area (TPSA) is 44.5 Å². The largest absolute Gasteiger partial charge is 0.496 e. The number of ether oxygens (including phenoxy) is 2. The highest BCUT2D eigenvalue weighted by atomic mass is 79.9. The Hall–Kier alpha value is -1.52. The summed E-state index contributed by atoms with van der Waals surface area (Å²) in [5.74, 6) is 1.46. The van der Waals surface area contributed by atoms with Crippen LogP contribution in [0.1, 0.15) is 22.7 Å². The second-order valence-electron chi connectivity index (χ2n) is 4.56. The van der Waals surface area contributed by atoms with E-state index in [0.717, 1.165) is 27.1 Å². The standard InChI is InChI=1S/C16H18BrNO2/c1-10-7-8-11(9-12(10)17)16(18)15-13(19-2)5-4-6-14(15)20-3/h4-9,16H,18H2,1-3H3. The number of aryl methyl sites for hydroxylation is 1. The molecule has 0 fully saturated rings. The predicted octanol–water partition coefficient (Wildman–Crippen LogP) is 3.82. The molecule has 1 atom stereocenters. The molecule has 0 aromatic heterocycles. The molecule has 2 aromatic carbocycles. The maximum Gasteiger partial charge on any atom is 0.127 e. The fraction of sp³-hybridized carbons (Fsp3) is 0.250. The van der Waals surface area contributed by atoms with E-state index in [4.69, 9.17) is 15.2 Å². The van der Waals surface area contributed by atoms with Gasteiger partial charge in [-0.3, -0.25) is 0 Å². The quantitative estimate of drug-likeness (QED) is 0.923. The van der Waals surface area contributed by atoms with Gasteiger partial charge >= 0.3 is 0 Å². The average Bonchev–Trinajstić information content (AvgIpc) is 2.48. The van der Waals surface area contributed by atoms with Crippen LogP contribution < -0.4 is 15.2 Å². The Balaban J connectivity index is 2.51. The van der Waals surface area contributed by atoms with Gasteiger partial charge < -0.3 is 15.2 Å². The zero-order valence-electron chi connectivity index (χ0n) is 11.8. The van der Waals surface area contributed by atoms with Crippen molar-refractivity contribution in [1.82, 2.24) is 0 Å². The van der Waals surface area contributed by atoms with Crippen molar-refractivity contribution in [2.24, 2.45) is 5.73 Å². The first-order chi connectivity index (χ1) is 9.58. The molecule has 4 heteroatoms. The normalized spacial score (nSPS) is 12.1. The third kappa shape index (κ3) is 2.81. The minimum Gasteiger partial charge on any atom is -0.496 e. The maximum absolute atomic E-state index is 6.41. The summed E-state index contributed by atoms with van der Waals surface area (Å²) in [6.07, 6.45) is 0. The molecule has 2 aromatic rings. The minimum absolute atomic E-state index is 0.307. The first-order valence-electron chi connectivity index (χ1n) is 6.31.